The van der Waals surface area contributed by atoms with Gasteiger partial charge >= 0.3 is 0 Å². The second kappa shape index (κ2) is 3.81. The number of aromatic nitrogens is 2. The quantitative estimate of drug-likeness (QED) is 0.590. The zero-order valence-electron chi connectivity index (χ0n) is 7.15. The van der Waals surface area contributed by atoms with Gasteiger partial charge in [0.05, 0.1) is 19.1 Å². The van der Waals surface area contributed by atoms with E-state index in [0.29, 0.717) is 5.69 Å². The van der Waals surface area contributed by atoms with Gasteiger partial charge in [-0.15, -0.1) is 0 Å². The number of hydrogen-bond acceptors (Lipinski definition) is 4. The van der Waals surface area contributed by atoms with E-state index in [-0.39, 0.29) is 6.54 Å². The van der Waals surface area contributed by atoms with Gasteiger partial charge in [-0.3, -0.25) is 14.9 Å². The van der Waals surface area contributed by atoms with Crippen molar-refractivity contribution >= 4 is 11.8 Å². The van der Waals surface area contributed by atoms with Crippen molar-refractivity contribution in [2.24, 2.45) is 12.8 Å². The van der Waals surface area contributed by atoms with E-state index in [9.17, 15) is 9.59 Å². The number of imidazole rings is 1. The van der Waals surface area contributed by atoms with Crippen molar-refractivity contribution in [2.75, 3.05) is 6.54 Å². The summed E-state index contributed by atoms with van der Waals surface area (Å²) in [6.07, 6.45) is 2.85. The molecule has 2 amide bonds. The molecule has 0 aromatic carbocycles. The highest BCUT2D eigenvalue weighted by Crippen LogP contribution is 1.94. The minimum Gasteiger partial charge on any atom is -0.330 e. The fourth-order valence-electron chi connectivity index (χ4n) is 0.818. The van der Waals surface area contributed by atoms with Crippen molar-refractivity contribution in [3.8, 4) is 0 Å². The third-order valence-electron chi connectivity index (χ3n) is 1.49. The molecule has 13 heavy (non-hydrogen) atoms. The molecule has 0 fully saturated rings. The van der Waals surface area contributed by atoms with Gasteiger partial charge in [-0.05, 0) is 0 Å². The zero-order valence-corrected chi connectivity index (χ0v) is 7.15. The maximum Gasteiger partial charge on any atom is 0.276 e. The molecular formula is C7H10N4O2. The lowest BCUT2D eigenvalue weighted by Crippen LogP contribution is -2.36. The molecule has 1 heterocycles. The van der Waals surface area contributed by atoms with Gasteiger partial charge in [-0.1, -0.05) is 0 Å². The van der Waals surface area contributed by atoms with Gasteiger partial charge in [0.1, 0.15) is 5.69 Å². The van der Waals surface area contributed by atoms with Crippen LogP contribution in [0.4, 0.5) is 0 Å². The Kier molecular flexibility index (Phi) is 2.76. The largest absolute Gasteiger partial charge is 0.330 e. The molecule has 6 nitrogen and oxygen atoms in total. The summed E-state index contributed by atoms with van der Waals surface area (Å²) in [6, 6.07) is 0. The maximum atomic E-state index is 11.2. The lowest BCUT2D eigenvalue weighted by molar-refractivity contribution is -0.118. The van der Waals surface area contributed by atoms with Gasteiger partial charge in [0, 0.05) is 7.05 Å². The molecule has 0 saturated carbocycles. The predicted octanol–water partition coefficient (Wildman–Crippen LogP) is -1.36. The van der Waals surface area contributed by atoms with Crippen LogP contribution in [0.25, 0.3) is 0 Å². The predicted molar refractivity (Wildman–Crippen MR) is 44.7 cm³/mol. The number of carbonyl (C=O) groups is 2. The Balaban J connectivity index is 2.69. The summed E-state index contributed by atoms with van der Waals surface area (Å²) in [4.78, 5) is 25.7. The van der Waals surface area contributed by atoms with E-state index >= 15 is 0 Å². The van der Waals surface area contributed by atoms with Gasteiger partial charge in [0.15, 0.2) is 0 Å². The summed E-state index contributed by atoms with van der Waals surface area (Å²) < 4.78 is 1.51. The van der Waals surface area contributed by atoms with Crippen LogP contribution in [0, 0.1) is 0 Å². The molecule has 1 aromatic rings. The fourth-order valence-corrected chi connectivity index (χ4v) is 0.818. The molecule has 0 aliphatic rings. The number of nitrogens with two attached hydrogens (primary N) is 1. The molecule has 0 saturated heterocycles. The van der Waals surface area contributed by atoms with Crippen LogP contribution >= 0.6 is 0 Å². The molecule has 0 aliphatic heterocycles. The normalized spacial score (nSPS) is 9.69. The molecule has 0 radical (unpaired) electrons. The standard InChI is InChI=1S/C7H10N4O2/c1-11-4-9-3-5(11)7(13)10-6(12)2-8/h3-4H,2,8H2,1H3,(H,10,12,13). The van der Waals surface area contributed by atoms with E-state index in [2.05, 4.69) is 10.3 Å². The number of amides is 2. The number of carbonyl (C=O) groups excluding carboxylic acids is 2. The Bertz CT molecular complexity index is 331. The Labute approximate surface area is 74.7 Å². The van der Waals surface area contributed by atoms with E-state index in [0.717, 1.165) is 0 Å². The number of aryl methyl sites for hydroxylation is 1. The van der Waals surface area contributed by atoms with Gasteiger partial charge in [0.2, 0.25) is 5.91 Å². The number of nitrogens with one attached hydrogen (secondary N) is 1. The van der Waals surface area contributed by atoms with Gasteiger partial charge in [-0.2, -0.15) is 0 Å². The third-order valence-corrected chi connectivity index (χ3v) is 1.49. The lowest BCUT2D eigenvalue weighted by atomic mass is 10.4. The first-order chi connectivity index (χ1) is 6.15. The smallest absolute Gasteiger partial charge is 0.276 e. The van der Waals surface area contributed by atoms with Gasteiger partial charge < -0.3 is 10.3 Å². The fraction of sp³-hybridized carbons (Fsp3) is 0.286. The highest BCUT2D eigenvalue weighted by atomic mass is 16.2. The van der Waals surface area contributed by atoms with E-state index in [4.69, 9.17) is 5.73 Å². The number of rotatable bonds is 2. The average Bonchev–Trinajstić information content (AvgIpc) is 2.51. The highest BCUT2D eigenvalue weighted by Gasteiger charge is 2.11. The Morgan fingerprint density at radius 1 is 1.69 bits per heavy atom. The Morgan fingerprint density at radius 3 is 2.85 bits per heavy atom. The average molecular weight is 182 g/mol. The summed E-state index contributed by atoms with van der Waals surface area (Å²) in [5, 5.41) is 2.11. The van der Waals surface area contributed by atoms with Crippen LogP contribution in [0.5, 0.6) is 0 Å². The van der Waals surface area contributed by atoms with Crippen LogP contribution in [0.3, 0.4) is 0 Å². The monoisotopic (exact) mass is 182 g/mol. The minimum absolute atomic E-state index is 0.205. The van der Waals surface area contributed by atoms with Crippen LogP contribution in [0.2, 0.25) is 0 Å². The zero-order chi connectivity index (χ0) is 9.84. The third kappa shape index (κ3) is 2.12. The maximum absolute atomic E-state index is 11.2. The summed E-state index contributed by atoms with van der Waals surface area (Å²) in [5.41, 5.74) is 5.35. The molecule has 1 rings (SSSR count). The lowest BCUT2D eigenvalue weighted by Gasteiger charge is -2.01. The van der Waals surface area contributed by atoms with E-state index in [1.165, 1.54) is 17.1 Å². The van der Waals surface area contributed by atoms with Crippen molar-refractivity contribution in [3.63, 3.8) is 0 Å². The Hall–Kier alpha value is -1.69. The SMILES string of the molecule is Cn1cncc1C(=O)NC(=O)CN. The first-order valence-corrected chi connectivity index (χ1v) is 3.65. The van der Waals surface area contributed by atoms with E-state index in [1.54, 1.807) is 7.05 Å². The highest BCUT2D eigenvalue weighted by molar-refractivity contribution is 6.04. The molecule has 1 aromatic heterocycles. The molecule has 0 unspecified atom stereocenters. The molecule has 0 atom stereocenters. The van der Waals surface area contributed by atoms with Gasteiger partial charge in [0.25, 0.3) is 5.91 Å². The Morgan fingerprint density at radius 2 is 2.38 bits per heavy atom. The van der Waals surface area contributed by atoms with Crippen molar-refractivity contribution in [1.29, 1.82) is 0 Å². The van der Waals surface area contributed by atoms with E-state index in [1.807, 2.05) is 0 Å². The molecule has 0 spiro atoms. The number of imide groups is 1. The second-order valence-corrected chi connectivity index (χ2v) is 2.47. The summed E-state index contributed by atoms with van der Waals surface area (Å²) in [6.45, 7) is -0.205. The van der Waals surface area contributed by atoms with Crippen LogP contribution < -0.4 is 11.1 Å². The summed E-state index contributed by atoms with van der Waals surface area (Å²) in [5.74, 6) is -0.998. The van der Waals surface area contributed by atoms with Crippen LogP contribution in [-0.2, 0) is 11.8 Å². The summed E-state index contributed by atoms with van der Waals surface area (Å²) >= 11 is 0. The van der Waals surface area contributed by atoms with Crippen LogP contribution in [0.1, 0.15) is 10.5 Å². The molecule has 6 heteroatoms. The van der Waals surface area contributed by atoms with Crippen molar-refractivity contribution in [3.05, 3.63) is 18.2 Å². The second-order valence-electron chi connectivity index (χ2n) is 2.47. The van der Waals surface area contributed by atoms with Crippen molar-refractivity contribution in [2.45, 2.75) is 0 Å². The topological polar surface area (TPSA) is 90.0 Å². The molecule has 70 valence electrons. The van der Waals surface area contributed by atoms with Gasteiger partial charge in [-0.25, -0.2) is 4.98 Å². The molecule has 0 bridgehead atoms. The van der Waals surface area contributed by atoms with E-state index < -0.39 is 11.8 Å². The first-order valence-electron chi connectivity index (χ1n) is 3.65. The number of hydrogen-bond donors (Lipinski definition) is 2. The summed E-state index contributed by atoms with van der Waals surface area (Å²) in [7, 11) is 1.66. The van der Waals surface area contributed by atoms with Crippen LogP contribution in [0.15, 0.2) is 12.5 Å². The minimum atomic E-state index is -0.508. The van der Waals surface area contributed by atoms with Crippen molar-refractivity contribution < 1.29 is 9.59 Å². The molecule has 3 N–H and O–H groups in total. The first kappa shape index (κ1) is 9.40. The van der Waals surface area contributed by atoms with Crippen LogP contribution in [-0.4, -0.2) is 27.9 Å². The molecule has 0 aliphatic carbocycles. The molecular weight excluding hydrogens is 172 g/mol. The number of nitrogens with zero attached hydrogens (tertiary/aromatic N) is 2. The van der Waals surface area contributed by atoms with Crippen molar-refractivity contribution in [1.82, 2.24) is 14.9 Å².